The second-order valence-electron chi connectivity index (χ2n) is 4.78. The Bertz CT molecular complexity index is 406. The fraction of sp³-hybridized carbons (Fsp3) is 0.667. The molecule has 1 aromatic heterocycles. The molecule has 1 rings (SSSR count). The second kappa shape index (κ2) is 5.97. The molecule has 0 amide bonds. The van der Waals surface area contributed by atoms with Crippen molar-refractivity contribution in [1.82, 2.24) is 9.97 Å². The summed E-state index contributed by atoms with van der Waals surface area (Å²) in [6.07, 6.45) is 0. The largest absolute Gasteiger partial charge is 0.374 e. The summed E-state index contributed by atoms with van der Waals surface area (Å²) in [7, 11) is 0. The first-order valence-corrected chi connectivity index (χ1v) is 6.09. The van der Waals surface area contributed by atoms with E-state index in [1.54, 1.807) is 0 Å². The molecule has 1 aromatic rings. The van der Waals surface area contributed by atoms with Crippen LogP contribution < -0.4 is 16.6 Å². The first-order chi connectivity index (χ1) is 8.39. The smallest absolute Gasteiger partial charge is 0.148 e. The molecule has 1 heterocycles. The Kier molecular flexibility index (Phi) is 4.86. The Morgan fingerprint density at radius 3 is 2.39 bits per heavy atom. The highest BCUT2D eigenvalue weighted by atomic mass is 16.5. The number of hydrogen-bond donors (Lipinski definition) is 3. The van der Waals surface area contributed by atoms with E-state index in [1.165, 1.54) is 0 Å². The maximum absolute atomic E-state index is 5.63. The summed E-state index contributed by atoms with van der Waals surface area (Å²) in [5.41, 5.74) is 3.24. The fourth-order valence-corrected chi connectivity index (χ4v) is 1.68. The van der Waals surface area contributed by atoms with E-state index < -0.39 is 0 Å². The Balaban J connectivity index is 2.82. The van der Waals surface area contributed by atoms with Gasteiger partial charge in [-0.3, -0.25) is 0 Å². The maximum Gasteiger partial charge on any atom is 0.148 e. The monoisotopic (exact) mass is 253 g/mol. The third-order valence-electron chi connectivity index (χ3n) is 2.61. The molecule has 18 heavy (non-hydrogen) atoms. The molecule has 102 valence electrons. The molecule has 4 N–H and O–H groups in total. The molecule has 0 aliphatic heterocycles. The number of ether oxygens (including phenoxy) is 1. The minimum atomic E-state index is -0.240. The summed E-state index contributed by atoms with van der Waals surface area (Å²) in [6, 6.07) is 0. The number of aromatic nitrogens is 2. The molecule has 0 aliphatic carbocycles. The standard InChI is InChI=1S/C12H23N5O/c1-6-18-12(4,5)7-14-10-8(2)11(17-13)16-9(3)15-10/h6-7,13H2,1-5H3,(H2,14,15,16,17). The van der Waals surface area contributed by atoms with Crippen LogP contribution in [0.1, 0.15) is 32.2 Å². The first kappa shape index (κ1) is 14.7. The highest BCUT2D eigenvalue weighted by molar-refractivity contribution is 5.56. The van der Waals surface area contributed by atoms with Crippen LogP contribution in [0.3, 0.4) is 0 Å². The number of nitrogens with two attached hydrogens (primary N) is 1. The third kappa shape index (κ3) is 3.82. The fourth-order valence-electron chi connectivity index (χ4n) is 1.68. The molecular weight excluding hydrogens is 230 g/mol. The Labute approximate surface area is 108 Å². The van der Waals surface area contributed by atoms with E-state index in [2.05, 4.69) is 20.7 Å². The van der Waals surface area contributed by atoms with Crippen molar-refractivity contribution in [2.45, 2.75) is 40.2 Å². The van der Waals surface area contributed by atoms with Gasteiger partial charge in [-0.1, -0.05) is 0 Å². The zero-order chi connectivity index (χ0) is 13.8. The normalized spacial score (nSPS) is 11.4. The second-order valence-corrected chi connectivity index (χ2v) is 4.78. The molecular formula is C12H23N5O. The molecule has 0 radical (unpaired) electrons. The average molecular weight is 253 g/mol. The van der Waals surface area contributed by atoms with Gasteiger partial charge in [0.1, 0.15) is 17.5 Å². The van der Waals surface area contributed by atoms with Crippen molar-refractivity contribution in [1.29, 1.82) is 0 Å². The van der Waals surface area contributed by atoms with Crippen LogP contribution in [-0.4, -0.2) is 28.7 Å². The lowest BCUT2D eigenvalue weighted by atomic mass is 10.1. The van der Waals surface area contributed by atoms with Gasteiger partial charge in [0.05, 0.1) is 5.60 Å². The van der Waals surface area contributed by atoms with E-state index in [-0.39, 0.29) is 5.60 Å². The molecule has 6 nitrogen and oxygen atoms in total. The molecule has 0 unspecified atom stereocenters. The number of nitrogens with zero attached hydrogens (tertiary/aromatic N) is 2. The van der Waals surface area contributed by atoms with Crippen LogP contribution in [0.15, 0.2) is 0 Å². The lowest BCUT2D eigenvalue weighted by Gasteiger charge is -2.25. The Hall–Kier alpha value is -1.40. The Morgan fingerprint density at radius 2 is 1.83 bits per heavy atom. The molecule has 0 spiro atoms. The number of anilines is 2. The average Bonchev–Trinajstić information content (AvgIpc) is 2.29. The molecule has 0 saturated carbocycles. The van der Waals surface area contributed by atoms with E-state index in [0.29, 0.717) is 24.8 Å². The summed E-state index contributed by atoms with van der Waals surface area (Å²) in [5.74, 6) is 7.52. The molecule has 0 atom stereocenters. The molecule has 6 heteroatoms. The van der Waals surface area contributed by atoms with E-state index in [9.17, 15) is 0 Å². The zero-order valence-corrected chi connectivity index (χ0v) is 11.8. The van der Waals surface area contributed by atoms with Gasteiger partial charge in [0, 0.05) is 18.7 Å². The predicted octanol–water partition coefficient (Wildman–Crippen LogP) is 1.61. The van der Waals surface area contributed by atoms with Crippen LogP contribution in [0.2, 0.25) is 0 Å². The number of aryl methyl sites for hydroxylation is 1. The number of nitrogen functional groups attached to an aromatic ring is 1. The number of hydrogen-bond acceptors (Lipinski definition) is 6. The van der Waals surface area contributed by atoms with Gasteiger partial charge in [0.15, 0.2) is 0 Å². The van der Waals surface area contributed by atoms with Crippen molar-refractivity contribution in [3.63, 3.8) is 0 Å². The van der Waals surface area contributed by atoms with Crippen molar-refractivity contribution < 1.29 is 4.74 Å². The molecule has 0 fully saturated rings. The number of hydrazine groups is 1. The zero-order valence-electron chi connectivity index (χ0n) is 11.8. The molecule has 0 aromatic carbocycles. The summed E-state index contributed by atoms with van der Waals surface area (Å²) >= 11 is 0. The van der Waals surface area contributed by atoms with Gasteiger partial charge >= 0.3 is 0 Å². The van der Waals surface area contributed by atoms with Gasteiger partial charge in [-0.25, -0.2) is 15.8 Å². The summed E-state index contributed by atoms with van der Waals surface area (Å²) < 4.78 is 5.63. The SMILES string of the molecule is CCOC(C)(C)CNc1nc(C)nc(NN)c1C. The topological polar surface area (TPSA) is 85.1 Å². The van der Waals surface area contributed by atoms with Crippen molar-refractivity contribution in [3.8, 4) is 0 Å². The highest BCUT2D eigenvalue weighted by Gasteiger charge is 2.18. The predicted molar refractivity (Wildman–Crippen MR) is 73.5 cm³/mol. The lowest BCUT2D eigenvalue weighted by Crippen LogP contribution is -2.34. The van der Waals surface area contributed by atoms with E-state index >= 15 is 0 Å². The summed E-state index contributed by atoms with van der Waals surface area (Å²) in [6.45, 7) is 11.2. The number of rotatable bonds is 6. The van der Waals surface area contributed by atoms with Crippen LogP contribution in [0, 0.1) is 13.8 Å². The molecule has 0 aliphatic rings. The minimum absolute atomic E-state index is 0.240. The van der Waals surface area contributed by atoms with Gasteiger partial charge in [-0.15, -0.1) is 0 Å². The summed E-state index contributed by atoms with van der Waals surface area (Å²) in [4.78, 5) is 8.59. The van der Waals surface area contributed by atoms with Gasteiger partial charge in [0.2, 0.25) is 0 Å². The van der Waals surface area contributed by atoms with Gasteiger partial charge < -0.3 is 15.5 Å². The van der Waals surface area contributed by atoms with Gasteiger partial charge in [-0.05, 0) is 34.6 Å². The van der Waals surface area contributed by atoms with Crippen molar-refractivity contribution in [2.24, 2.45) is 5.84 Å². The lowest BCUT2D eigenvalue weighted by molar-refractivity contribution is 0.000632. The van der Waals surface area contributed by atoms with Crippen molar-refractivity contribution >= 4 is 11.6 Å². The van der Waals surface area contributed by atoms with Crippen molar-refractivity contribution in [2.75, 3.05) is 23.9 Å². The third-order valence-corrected chi connectivity index (χ3v) is 2.61. The van der Waals surface area contributed by atoms with Crippen LogP contribution >= 0.6 is 0 Å². The molecule has 0 saturated heterocycles. The quantitative estimate of drug-likeness (QED) is 0.527. The first-order valence-electron chi connectivity index (χ1n) is 6.09. The van der Waals surface area contributed by atoms with E-state index in [1.807, 2.05) is 34.6 Å². The van der Waals surface area contributed by atoms with Crippen LogP contribution in [0.4, 0.5) is 11.6 Å². The van der Waals surface area contributed by atoms with Crippen LogP contribution in [0.25, 0.3) is 0 Å². The maximum atomic E-state index is 5.63. The van der Waals surface area contributed by atoms with Crippen LogP contribution in [-0.2, 0) is 4.74 Å². The number of nitrogens with one attached hydrogen (secondary N) is 2. The van der Waals surface area contributed by atoms with Gasteiger partial charge in [0.25, 0.3) is 0 Å². The Morgan fingerprint density at radius 1 is 1.22 bits per heavy atom. The highest BCUT2D eigenvalue weighted by Crippen LogP contribution is 2.20. The van der Waals surface area contributed by atoms with E-state index in [0.717, 1.165) is 11.4 Å². The van der Waals surface area contributed by atoms with Gasteiger partial charge in [-0.2, -0.15) is 0 Å². The van der Waals surface area contributed by atoms with Crippen LogP contribution in [0.5, 0.6) is 0 Å². The van der Waals surface area contributed by atoms with E-state index in [4.69, 9.17) is 10.6 Å². The summed E-state index contributed by atoms with van der Waals surface area (Å²) in [5, 5.41) is 3.28. The minimum Gasteiger partial charge on any atom is -0.374 e. The van der Waals surface area contributed by atoms with Crippen molar-refractivity contribution in [3.05, 3.63) is 11.4 Å². The molecule has 0 bridgehead atoms.